The number of aliphatic imine (C=N–C) groups is 1. The Hall–Kier alpha value is -2.29. The summed E-state index contributed by atoms with van der Waals surface area (Å²) < 4.78 is 10.5. The minimum atomic E-state index is 0.532. The van der Waals surface area contributed by atoms with Crippen LogP contribution in [0, 0.1) is 0 Å². The van der Waals surface area contributed by atoms with Crippen LogP contribution in [0.3, 0.4) is 0 Å². The van der Waals surface area contributed by atoms with E-state index in [9.17, 15) is 0 Å². The van der Waals surface area contributed by atoms with E-state index in [0.717, 1.165) is 22.7 Å². The molecule has 2 rings (SSSR count). The number of benzene rings is 2. The van der Waals surface area contributed by atoms with Gasteiger partial charge in [0.05, 0.1) is 19.9 Å². The first kappa shape index (κ1) is 15.1. The summed E-state index contributed by atoms with van der Waals surface area (Å²) in [5, 5.41) is 0. The highest BCUT2D eigenvalue weighted by atomic mass is 16.5. The molecule has 2 aromatic rings. The van der Waals surface area contributed by atoms with Crippen molar-refractivity contribution in [3.8, 4) is 11.5 Å². The maximum absolute atomic E-state index is 5.36. The lowest BCUT2D eigenvalue weighted by Gasteiger charge is -2.07. The van der Waals surface area contributed by atoms with E-state index in [4.69, 9.17) is 9.47 Å². The highest BCUT2D eigenvalue weighted by Crippen LogP contribution is 2.24. The van der Waals surface area contributed by atoms with Crippen molar-refractivity contribution in [2.75, 3.05) is 14.2 Å². The van der Waals surface area contributed by atoms with Crippen molar-refractivity contribution < 1.29 is 9.47 Å². The number of hydrogen-bond donors (Lipinski definition) is 0. The quantitative estimate of drug-likeness (QED) is 0.752. The number of nitrogens with zero attached hydrogens (tertiary/aromatic N) is 1. The molecule has 0 fully saturated rings. The Morgan fingerprint density at radius 2 is 1.67 bits per heavy atom. The van der Waals surface area contributed by atoms with Crippen LogP contribution in [0.4, 0.5) is 5.69 Å². The predicted molar refractivity (Wildman–Crippen MR) is 87.3 cm³/mol. The van der Waals surface area contributed by atoms with Gasteiger partial charge < -0.3 is 9.47 Å². The molecule has 0 amide bonds. The van der Waals surface area contributed by atoms with Crippen LogP contribution >= 0.6 is 0 Å². The third-order valence-electron chi connectivity index (χ3n) is 3.35. The van der Waals surface area contributed by atoms with E-state index in [1.54, 1.807) is 14.2 Å². The van der Waals surface area contributed by atoms with Gasteiger partial charge in [-0.25, -0.2) is 0 Å². The zero-order valence-corrected chi connectivity index (χ0v) is 13.0. The second-order valence-electron chi connectivity index (χ2n) is 5.11. The molecule has 0 aliphatic heterocycles. The first-order valence-corrected chi connectivity index (χ1v) is 7.00. The van der Waals surface area contributed by atoms with Gasteiger partial charge in [0.15, 0.2) is 0 Å². The predicted octanol–water partition coefficient (Wildman–Crippen LogP) is 4.58. The van der Waals surface area contributed by atoms with Gasteiger partial charge in [0.25, 0.3) is 0 Å². The van der Waals surface area contributed by atoms with E-state index in [2.05, 4.69) is 31.0 Å². The molecule has 3 heteroatoms. The molecule has 0 radical (unpaired) electrons. The molecule has 0 saturated heterocycles. The highest BCUT2D eigenvalue weighted by Gasteiger charge is 2.03. The molecule has 0 spiro atoms. The topological polar surface area (TPSA) is 30.8 Å². The SMILES string of the molecule is COc1ccc(C=Nc2ccc(C(C)C)cc2)c(OC)c1. The molecule has 2 aromatic carbocycles. The number of methoxy groups -OCH3 is 2. The first-order chi connectivity index (χ1) is 10.1. The van der Waals surface area contributed by atoms with E-state index >= 15 is 0 Å². The lowest BCUT2D eigenvalue weighted by Crippen LogP contribution is -1.92. The smallest absolute Gasteiger partial charge is 0.131 e. The van der Waals surface area contributed by atoms with Gasteiger partial charge in [0.2, 0.25) is 0 Å². The number of ether oxygens (including phenoxy) is 2. The zero-order chi connectivity index (χ0) is 15.2. The van der Waals surface area contributed by atoms with Crippen molar-refractivity contribution in [3.05, 3.63) is 53.6 Å². The van der Waals surface area contributed by atoms with Gasteiger partial charge in [0.1, 0.15) is 11.5 Å². The van der Waals surface area contributed by atoms with Gasteiger partial charge in [-0.2, -0.15) is 0 Å². The number of hydrogen-bond acceptors (Lipinski definition) is 3. The summed E-state index contributed by atoms with van der Waals surface area (Å²) in [6.45, 7) is 4.36. The molecule has 110 valence electrons. The van der Waals surface area contributed by atoms with Gasteiger partial charge in [-0.1, -0.05) is 26.0 Å². The van der Waals surface area contributed by atoms with Crippen molar-refractivity contribution in [2.24, 2.45) is 4.99 Å². The van der Waals surface area contributed by atoms with Gasteiger partial charge in [0, 0.05) is 17.8 Å². The first-order valence-electron chi connectivity index (χ1n) is 7.00. The zero-order valence-electron chi connectivity index (χ0n) is 13.0. The molecule has 0 aromatic heterocycles. The van der Waals surface area contributed by atoms with Crippen LogP contribution in [0.5, 0.6) is 11.5 Å². The molecule has 0 unspecified atom stereocenters. The maximum Gasteiger partial charge on any atom is 0.131 e. The Bertz CT molecular complexity index is 616. The average molecular weight is 283 g/mol. The van der Waals surface area contributed by atoms with Crippen LogP contribution in [-0.2, 0) is 0 Å². The molecule has 0 N–H and O–H groups in total. The molecule has 21 heavy (non-hydrogen) atoms. The fourth-order valence-corrected chi connectivity index (χ4v) is 2.01. The Kier molecular flexibility index (Phi) is 4.99. The van der Waals surface area contributed by atoms with Crippen molar-refractivity contribution in [1.29, 1.82) is 0 Å². The fourth-order valence-electron chi connectivity index (χ4n) is 2.01. The van der Waals surface area contributed by atoms with Crippen molar-refractivity contribution >= 4 is 11.9 Å². The Morgan fingerprint density at radius 1 is 0.952 bits per heavy atom. The minimum absolute atomic E-state index is 0.532. The normalized spacial score (nSPS) is 11.1. The molecule has 3 nitrogen and oxygen atoms in total. The van der Waals surface area contributed by atoms with Crippen LogP contribution in [-0.4, -0.2) is 20.4 Å². The van der Waals surface area contributed by atoms with Gasteiger partial charge in [-0.3, -0.25) is 4.99 Å². The minimum Gasteiger partial charge on any atom is -0.497 e. The average Bonchev–Trinajstić information content (AvgIpc) is 2.53. The standard InChI is InChI=1S/C18H21NO2/c1-13(2)14-5-8-16(9-6-14)19-12-15-7-10-17(20-3)11-18(15)21-4/h5-13H,1-4H3. The largest absolute Gasteiger partial charge is 0.497 e. The highest BCUT2D eigenvalue weighted by molar-refractivity contribution is 5.85. The molecular formula is C18H21NO2. The van der Waals surface area contributed by atoms with Crippen LogP contribution < -0.4 is 9.47 Å². The second-order valence-corrected chi connectivity index (χ2v) is 5.11. The second kappa shape index (κ2) is 6.93. The van der Waals surface area contributed by atoms with E-state index < -0.39 is 0 Å². The summed E-state index contributed by atoms with van der Waals surface area (Å²) >= 11 is 0. The summed E-state index contributed by atoms with van der Waals surface area (Å²) in [5.74, 6) is 2.05. The molecule has 0 aliphatic rings. The third kappa shape index (κ3) is 3.85. The molecule has 0 heterocycles. The summed E-state index contributed by atoms with van der Waals surface area (Å²) in [5.41, 5.74) is 3.17. The van der Waals surface area contributed by atoms with Crippen LogP contribution in [0.1, 0.15) is 30.9 Å². The lowest BCUT2D eigenvalue weighted by atomic mass is 10.0. The van der Waals surface area contributed by atoms with Crippen LogP contribution in [0.2, 0.25) is 0 Å². The van der Waals surface area contributed by atoms with E-state index in [1.165, 1.54) is 5.56 Å². The molecule has 0 atom stereocenters. The number of rotatable bonds is 5. The van der Waals surface area contributed by atoms with Gasteiger partial charge in [-0.05, 0) is 35.7 Å². The maximum atomic E-state index is 5.36. The molecular weight excluding hydrogens is 262 g/mol. The van der Waals surface area contributed by atoms with Crippen molar-refractivity contribution in [1.82, 2.24) is 0 Å². The van der Waals surface area contributed by atoms with Crippen molar-refractivity contribution in [2.45, 2.75) is 19.8 Å². The Morgan fingerprint density at radius 3 is 2.24 bits per heavy atom. The van der Waals surface area contributed by atoms with Gasteiger partial charge >= 0.3 is 0 Å². The van der Waals surface area contributed by atoms with E-state index in [0.29, 0.717) is 5.92 Å². The molecule has 0 aliphatic carbocycles. The summed E-state index contributed by atoms with van der Waals surface area (Å²) in [6.07, 6.45) is 1.81. The van der Waals surface area contributed by atoms with Crippen LogP contribution in [0.25, 0.3) is 0 Å². The lowest BCUT2D eigenvalue weighted by molar-refractivity contribution is 0.394. The Balaban J connectivity index is 2.20. The van der Waals surface area contributed by atoms with E-state index in [1.807, 2.05) is 36.5 Å². The molecule has 0 saturated carbocycles. The third-order valence-corrected chi connectivity index (χ3v) is 3.35. The van der Waals surface area contributed by atoms with Gasteiger partial charge in [-0.15, -0.1) is 0 Å². The monoisotopic (exact) mass is 283 g/mol. The molecule has 0 bridgehead atoms. The summed E-state index contributed by atoms with van der Waals surface area (Å²) in [4.78, 5) is 4.50. The van der Waals surface area contributed by atoms with Crippen molar-refractivity contribution in [3.63, 3.8) is 0 Å². The van der Waals surface area contributed by atoms with Crippen LogP contribution in [0.15, 0.2) is 47.5 Å². The summed E-state index contributed by atoms with van der Waals surface area (Å²) in [6, 6.07) is 14.0. The fraction of sp³-hybridized carbons (Fsp3) is 0.278. The Labute approximate surface area is 126 Å². The van der Waals surface area contributed by atoms with E-state index in [-0.39, 0.29) is 0 Å². The summed E-state index contributed by atoms with van der Waals surface area (Å²) in [7, 11) is 3.28.